The van der Waals surface area contributed by atoms with E-state index in [0.29, 0.717) is 45.0 Å². The zero-order valence-electron chi connectivity index (χ0n) is 20.2. The van der Waals surface area contributed by atoms with Crippen molar-refractivity contribution in [3.63, 3.8) is 0 Å². The Labute approximate surface area is 212 Å². The number of aromatic nitrogens is 2. The van der Waals surface area contributed by atoms with Crippen LogP contribution in [0, 0.1) is 12.7 Å². The Bertz CT molecular complexity index is 1840. The van der Waals surface area contributed by atoms with E-state index >= 15 is 0 Å². The molecule has 2 aromatic heterocycles. The normalized spacial score (nSPS) is 11.8. The summed E-state index contributed by atoms with van der Waals surface area (Å²) in [6, 6.07) is 21.1. The van der Waals surface area contributed by atoms with Gasteiger partial charge in [0.15, 0.2) is 0 Å². The summed E-state index contributed by atoms with van der Waals surface area (Å²) >= 11 is 0. The Hall–Kier alpha value is -4.24. The van der Waals surface area contributed by atoms with E-state index in [1.165, 1.54) is 12.1 Å². The van der Waals surface area contributed by atoms with Crippen molar-refractivity contribution in [1.29, 1.82) is 0 Å². The lowest BCUT2D eigenvalue weighted by Crippen LogP contribution is -2.32. The third kappa shape index (κ3) is 4.77. The van der Waals surface area contributed by atoms with Gasteiger partial charge in [-0.3, -0.25) is 14.3 Å². The Morgan fingerprint density at radius 3 is 2.32 bits per heavy atom. The van der Waals surface area contributed by atoms with Crippen LogP contribution in [0.5, 0.6) is 0 Å². The van der Waals surface area contributed by atoms with Gasteiger partial charge < -0.3 is 9.13 Å². The van der Waals surface area contributed by atoms with Gasteiger partial charge in [0.05, 0.1) is 12.8 Å². The smallest absolute Gasteiger partial charge is 0.258 e. The van der Waals surface area contributed by atoms with Gasteiger partial charge in [-0.15, -0.1) is 0 Å². The van der Waals surface area contributed by atoms with Crippen molar-refractivity contribution < 1.29 is 17.6 Å². The van der Waals surface area contributed by atoms with Crippen LogP contribution in [0.4, 0.5) is 4.39 Å². The quantitative estimate of drug-likeness (QED) is 0.366. The number of fused-ring (bicyclic) bond motifs is 2. The van der Waals surface area contributed by atoms with Crippen molar-refractivity contribution in [2.24, 2.45) is 0 Å². The van der Waals surface area contributed by atoms with Crippen LogP contribution in [0.15, 0.2) is 83.8 Å². The number of pyridine rings is 1. The molecule has 1 N–H and O–H groups in total. The molecule has 0 aliphatic rings. The standard InChI is InChI=1S/C28H24FN3O4S/c1-18-27(23-14-20(29)12-13-25(23)32(18)17-26(33)30-37(2,35)36)24-16-31(15-19-8-4-3-5-9-19)28(34)22-11-7-6-10-21(22)24/h3-14,16H,15,17H2,1-2H3,(H,30,33). The molecular weight excluding hydrogens is 493 g/mol. The molecule has 5 aromatic rings. The highest BCUT2D eigenvalue weighted by Crippen LogP contribution is 2.38. The zero-order chi connectivity index (χ0) is 26.3. The summed E-state index contributed by atoms with van der Waals surface area (Å²) in [5.74, 6) is -1.16. The molecule has 0 aliphatic heterocycles. The first-order valence-corrected chi connectivity index (χ1v) is 13.5. The van der Waals surface area contributed by atoms with Crippen molar-refractivity contribution >= 4 is 37.6 Å². The lowest BCUT2D eigenvalue weighted by atomic mass is 9.98. The van der Waals surface area contributed by atoms with E-state index in [0.717, 1.165) is 11.8 Å². The van der Waals surface area contributed by atoms with Crippen molar-refractivity contribution in [3.05, 3.63) is 106 Å². The molecule has 0 aliphatic carbocycles. The molecule has 5 rings (SSSR count). The predicted molar refractivity (Wildman–Crippen MR) is 142 cm³/mol. The third-order valence-electron chi connectivity index (χ3n) is 6.34. The Morgan fingerprint density at radius 2 is 1.62 bits per heavy atom. The molecule has 0 spiro atoms. The minimum Gasteiger partial charge on any atom is -0.335 e. The second-order valence-corrected chi connectivity index (χ2v) is 10.8. The molecule has 9 heteroatoms. The number of amides is 1. The summed E-state index contributed by atoms with van der Waals surface area (Å²) in [5.41, 5.74) is 3.39. The summed E-state index contributed by atoms with van der Waals surface area (Å²) in [7, 11) is -3.74. The Balaban J connectivity index is 1.77. The fraction of sp³-hybridized carbons (Fsp3) is 0.143. The lowest BCUT2D eigenvalue weighted by molar-refractivity contribution is -0.119. The van der Waals surface area contributed by atoms with Gasteiger partial charge in [-0.05, 0) is 42.1 Å². The van der Waals surface area contributed by atoms with Gasteiger partial charge in [0.25, 0.3) is 11.5 Å². The number of carbonyl (C=O) groups is 1. The molecule has 3 aromatic carbocycles. The van der Waals surface area contributed by atoms with Crippen LogP contribution in [0.3, 0.4) is 0 Å². The van der Waals surface area contributed by atoms with Crippen molar-refractivity contribution in [2.75, 3.05) is 6.26 Å². The fourth-order valence-electron chi connectivity index (χ4n) is 4.82. The SMILES string of the molecule is Cc1c(-c2cn(Cc3ccccc3)c(=O)c3ccccc23)c2cc(F)ccc2n1CC(=O)NS(C)(=O)=O. The van der Waals surface area contributed by atoms with Crippen molar-refractivity contribution in [3.8, 4) is 11.1 Å². The Kier molecular flexibility index (Phi) is 6.16. The highest BCUT2D eigenvalue weighted by Gasteiger charge is 2.22. The molecule has 37 heavy (non-hydrogen) atoms. The number of sulfonamides is 1. The fourth-order valence-corrected chi connectivity index (χ4v) is 5.30. The molecular formula is C28H24FN3O4S. The van der Waals surface area contributed by atoms with E-state index in [-0.39, 0.29) is 12.1 Å². The van der Waals surface area contributed by atoms with Crippen LogP contribution in [-0.2, 0) is 27.9 Å². The number of nitrogens with one attached hydrogen (secondary N) is 1. The number of nitrogens with zero attached hydrogens (tertiary/aromatic N) is 2. The number of benzene rings is 3. The molecule has 0 bridgehead atoms. The molecule has 0 atom stereocenters. The van der Waals surface area contributed by atoms with E-state index in [1.54, 1.807) is 40.5 Å². The molecule has 0 radical (unpaired) electrons. The maximum absolute atomic E-state index is 14.5. The molecule has 7 nitrogen and oxygen atoms in total. The van der Waals surface area contributed by atoms with E-state index < -0.39 is 21.7 Å². The van der Waals surface area contributed by atoms with Crippen LogP contribution >= 0.6 is 0 Å². The van der Waals surface area contributed by atoms with Gasteiger partial charge in [0.2, 0.25) is 10.0 Å². The zero-order valence-corrected chi connectivity index (χ0v) is 21.0. The van der Waals surface area contributed by atoms with Crippen LogP contribution in [0.2, 0.25) is 0 Å². The molecule has 0 unspecified atom stereocenters. The van der Waals surface area contributed by atoms with Gasteiger partial charge in [0, 0.05) is 39.3 Å². The first-order chi connectivity index (χ1) is 17.6. The topological polar surface area (TPSA) is 90.2 Å². The number of halogens is 1. The van der Waals surface area contributed by atoms with Crippen LogP contribution in [-0.4, -0.2) is 29.7 Å². The van der Waals surface area contributed by atoms with Crippen molar-refractivity contribution in [1.82, 2.24) is 13.9 Å². The van der Waals surface area contributed by atoms with Gasteiger partial charge in [-0.25, -0.2) is 12.8 Å². The monoisotopic (exact) mass is 517 g/mol. The van der Waals surface area contributed by atoms with E-state index in [2.05, 4.69) is 0 Å². The first-order valence-electron chi connectivity index (χ1n) is 11.6. The summed E-state index contributed by atoms with van der Waals surface area (Å²) in [4.78, 5) is 25.9. The maximum atomic E-state index is 14.5. The highest BCUT2D eigenvalue weighted by atomic mass is 32.2. The van der Waals surface area contributed by atoms with E-state index in [9.17, 15) is 22.4 Å². The number of carbonyl (C=O) groups excluding carboxylic acids is 1. The first kappa shape index (κ1) is 24.5. The summed E-state index contributed by atoms with van der Waals surface area (Å²) in [6.07, 6.45) is 2.68. The van der Waals surface area contributed by atoms with Gasteiger partial charge in [-0.2, -0.15) is 0 Å². The van der Waals surface area contributed by atoms with Crippen molar-refractivity contribution in [2.45, 2.75) is 20.0 Å². The van der Waals surface area contributed by atoms with E-state index in [4.69, 9.17) is 0 Å². The molecule has 188 valence electrons. The predicted octanol–water partition coefficient (Wildman–Crippen LogP) is 4.19. The summed E-state index contributed by atoms with van der Waals surface area (Å²) < 4.78 is 42.9. The molecule has 1 amide bonds. The number of rotatable bonds is 6. The van der Waals surface area contributed by atoms with Gasteiger partial charge in [-0.1, -0.05) is 48.5 Å². The van der Waals surface area contributed by atoms with Gasteiger partial charge >= 0.3 is 0 Å². The van der Waals surface area contributed by atoms with Crippen LogP contribution in [0.25, 0.3) is 32.8 Å². The number of hydrogen-bond donors (Lipinski definition) is 1. The second-order valence-electron chi connectivity index (χ2n) is 9.01. The average molecular weight is 518 g/mol. The Morgan fingerprint density at radius 1 is 0.946 bits per heavy atom. The largest absolute Gasteiger partial charge is 0.335 e. The third-order valence-corrected chi connectivity index (χ3v) is 6.94. The van der Waals surface area contributed by atoms with Crippen LogP contribution in [0.1, 0.15) is 11.3 Å². The molecule has 0 fully saturated rings. The molecule has 0 saturated heterocycles. The molecule has 0 saturated carbocycles. The molecule has 2 heterocycles. The average Bonchev–Trinajstić information content (AvgIpc) is 3.10. The minimum atomic E-state index is -3.74. The van der Waals surface area contributed by atoms with Gasteiger partial charge in [0.1, 0.15) is 12.4 Å². The van der Waals surface area contributed by atoms with Crippen LogP contribution < -0.4 is 10.3 Å². The summed E-state index contributed by atoms with van der Waals surface area (Å²) in [6.45, 7) is 1.87. The second kappa shape index (κ2) is 9.33. The van der Waals surface area contributed by atoms with E-state index in [1.807, 2.05) is 47.2 Å². The maximum Gasteiger partial charge on any atom is 0.258 e. The summed E-state index contributed by atoms with van der Waals surface area (Å²) in [5, 5.41) is 1.77. The minimum absolute atomic E-state index is 0.150. The lowest BCUT2D eigenvalue weighted by Gasteiger charge is -2.14. The number of hydrogen-bond acceptors (Lipinski definition) is 4. The highest BCUT2D eigenvalue weighted by molar-refractivity contribution is 7.89.